The van der Waals surface area contributed by atoms with E-state index in [1.165, 1.54) is 25.9 Å². The van der Waals surface area contributed by atoms with Crippen LogP contribution in [0.2, 0.25) is 0 Å². The van der Waals surface area contributed by atoms with Crippen LogP contribution in [0.1, 0.15) is 46.1 Å². The predicted octanol–water partition coefficient (Wildman–Crippen LogP) is 3.16. The topological polar surface area (TPSA) is 55.4 Å². The van der Waals surface area contributed by atoms with Crippen molar-refractivity contribution in [2.45, 2.75) is 52.0 Å². The van der Waals surface area contributed by atoms with Gasteiger partial charge in [-0.3, -0.25) is 9.11 Å². The fraction of sp³-hybridized carbons (Fsp3) is 0.667. The molecule has 5 heteroatoms. The van der Waals surface area contributed by atoms with Gasteiger partial charge >= 0.3 is 0 Å². The van der Waals surface area contributed by atoms with E-state index in [2.05, 4.69) is 10.2 Å². The lowest BCUT2D eigenvalue weighted by molar-refractivity contribution is 0.0520. The maximum absolute atomic E-state index is 11.0. The molecule has 23 heavy (non-hydrogen) atoms. The third kappa shape index (κ3) is 5.68. The maximum atomic E-state index is 11.0. The van der Waals surface area contributed by atoms with E-state index < -0.39 is 11.1 Å². The fourth-order valence-corrected chi connectivity index (χ4v) is 3.46. The van der Waals surface area contributed by atoms with Gasteiger partial charge in [-0.15, -0.1) is 0 Å². The van der Waals surface area contributed by atoms with E-state index in [1.54, 1.807) is 12.1 Å². The van der Waals surface area contributed by atoms with Gasteiger partial charge in [-0.2, -0.15) is 0 Å². The molecule has 1 spiro atoms. The quantitative estimate of drug-likeness (QED) is 0.860. The normalized spacial score (nSPS) is 20.4. The van der Waals surface area contributed by atoms with Gasteiger partial charge < -0.3 is 9.87 Å². The summed E-state index contributed by atoms with van der Waals surface area (Å²) in [5.41, 5.74) is 1.65. The number of hydrogen-bond donors (Lipinski definition) is 1. The van der Waals surface area contributed by atoms with Crippen LogP contribution in [-0.4, -0.2) is 39.8 Å². The molecule has 1 aromatic carbocycles. The molecule has 0 bridgehead atoms. The average molecular weight is 340 g/mol. The van der Waals surface area contributed by atoms with Crippen molar-refractivity contribution in [1.29, 1.82) is 0 Å². The van der Waals surface area contributed by atoms with Crippen LogP contribution in [0, 0.1) is 5.41 Å². The van der Waals surface area contributed by atoms with Gasteiger partial charge in [-0.05, 0) is 60.1 Å². The van der Waals surface area contributed by atoms with Crippen molar-refractivity contribution in [2.24, 2.45) is 5.41 Å². The Balaban J connectivity index is 0.000000615. The van der Waals surface area contributed by atoms with Gasteiger partial charge in [0.2, 0.25) is 0 Å². The van der Waals surface area contributed by atoms with Crippen LogP contribution < -0.4 is 5.32 Å². The predicted molar refractivity (Wildman–Crippen MR) is 96.1 cm³/mol. The lowest BCUT2D eigenvalue weighted by Crippen LogP contribution is -2.58. The molecule has 2 aliphatic rings. The van der Waals surface area contributed by atoms with E-state index in [4.69, 9.17) is 0 Å². The van der Waals surface area contributed by atoms with Crippen molar-refractivity contribution < 1.29 is 8.76 Å². The van der Waals surface area contributed by atoms with Crippen LogP contribution in [0.4, 0.5) is 0 Å². The third-order valence-electron chi connectivity index (χ3n) is 4.41. The van der Waals surface area contributed by atoms with Crippen molar-refractivity contribution >= 4 is 11.1 Å². The smallest absolute Gasteiger partial charge is 0.0251 e. The Kier molecular flexibility index (Phi) is 8.99. The summed E-state index contributed by atoms with van der Waals surface area (Å²) in [7, 11) is 0. The van der Waals surface area contributed by atoms with Crippen LogP contribution in [0.25, 0.3) is 0 Å². The van der Waals surface area contributed by atoms with Crippen molar-refractivity contribution in [3.05, 3.63) is 29.8 Å². The van der Waals surface area contributed by atoms with Gasteiger partial charge in [0, 0.05) is 24.5 Å². The number of hydrogen-bond acceptors (Lipinski definition) is 4. The molecule has 2 heterocycles. The van der Waals surface area contributed by atoms with Crippen LogP contribution in [0.3, 0.4) is 0 Å². The summed E-state index contributed by atoms with van der Waals surface area (Å²) in [6.45, 7) is 13.4. The van der Waals surface area contributed by atoms with Crippen LogP contribution in [0.5, 0.6) is 0 Å². The molecule has 1 aromatic rings. The van der Waals surface area contributed by atoms with E-state index >= 15 is 0 Å². The Morgan fingerprint density at radius 1 is 1.17 bits per heavy atom. The van der Waals surface area contributed by atoms with Gasteiger partial charge in [-0.25, -0.2) is 0 Å². The minimum Gasteiger partial charge on any atom is -0.768 e. The van der Waals surface area contributed by atoms with Gasteiger partial charge in [0.1, 0.15) is 0 Å². The number of rotatable bonds is 3. The number of nitrogens with one attached hydrogen (secondary N) is 1. The second-order valence-electron chi connectivity index (χ2n) is 5.76. The zero-order chi connectivity index (χ0) is 17.3. The zero-order valence-electron chi connectivity index (χ0n) is 14.9. The van der Waals surface area contributed by atoms with Crippen molar-refractivity contribution in [2.75, 3.05) is 26.2 Å². The Labute approximate surface area is 143 Å². The molecule has 0 radical (unpaired) electrons. The zero-order valence-corrected chi connectivity index (χ0v) is 15.7. The summed E-state index contributed by atoms with van der Waals surface area (Å²) >= 11 is -2.13. The van der Waals surface area contributed by atoms with Crippen molar-refractivity contribution in [3.8, 4) is 0 Å². The van der Waals surface area contributed by atoms with Gasteiger partial charge in [0.15, 0.2) is 0 Å². The minimum absolute atomic E-state index is 0.383. The molecule has 1 atom stereocenters. The van der Waals surface area contributed by atoms with E-state index in [-0.39, 0.29) is 0 Å². The molecule has 4 nitrogen and oxygen atoms in total. The van der Waals surface area contributed by atoms with Gasteiger partial charge in [0.05, 0.1) is 0 Å². The molecular weight excluding hydrogens is 308 g/mol. The molecule has 1 N–H and O–H groups in total. The molecule has 0 amide bonds. The lowest BCUT2D eigenvalue weighted by Gasteiger charge is -2.48. The highest BCUT2D eigenvalue weighted by molar-refractivity contribution is 7.79. The summed E-state index contributed by atoms with van der Waals surface area (Å²) in [6.07, 6.45) is 2.51. The van der Waals surface area contributed by atoms with E-state index in [9.17, 15) is 8.76 Å². The molecule has 1 unspecified atom stereocenters. The first-order valence-electron chi connectivity index (χ1n) is 8.78. The highest BCUT2D eigenvalue weighted by Gasteiger charge is 2.39. The van der Waals surface area contributed by atoms with E-state index in [1.807, 2.05) is 39.8 Å². The number of nitrogens with zero attached hydrogens (tertiary/aromatic N) is 1. The van der Waals surface area contributed by atoms with Crippen molar-refractivity contribution in [3.63, 3.8) is 0 Å². The van der Waals surface area contributed by atoms with Gasteiger partial charge in [0.25, 0.3) is 0 Å². The molecule has 0 aromatic heterocycles. The molecular formula is C18H31N2O2S-. The van der Waals surface area contributed by atoms with Crippen LogP contribution in [0.15, 0.2) is 29.2 Å². The number of piperidine rings is 1. The highest BCUT2D eigenvalue weighted by atomic mass is 32.2. The molecule has 132 valence electrons. The molecule has 2 fully saturated rings. The molecule has 3 rings (SSSR count). The first kappa shape index (κ1) is 20.3. The largest absolute Gasteiger partial charge is 0.768 e. The standard InChI is InChI=1S/C14H20N2O2S.2C2H6/c17-19(18)13-3-1-2-12(8-13)9-16-6-4-14(5-7-16)10-15-11-14;2*1-2/h1-3,8,15H,4-7,9-11H2,(H,17,18);2*1-2H3/p-1. The highest BCUT2D eigenvalue weighted by Crippen LogP contribution is 2.35. The summed E-state index contributed by atoms with van der Waals surface area (Å²) in [5.74, 6) is 0. The Morgan fingerprint density at radius 2 is 1.78 bits per heavy atom. The third-order valence-corrected chi connectivity index (χ3v) is 5.05. The van der Waals surface area contributed by atoms with E-state index in [0.29, 0.717) is 10.3 Å². The second-order valence-corrected chi connectivity index (χ2v) is 6.70. The Hall–Kier alpha value is -0.750. The number of benzene rings is 1. The molecule has 2 saturated heterocycles. The molecule has 0 aliphatic carbocycles. The van der Waals surface area contributed by atoms with E-state index in [0.717, 1.165) is 25.2 Å². The fourth-order valence-electron chi connectivity index (χ4n) is 3.02. The summed E-state index contributed by atoms with van der Waals surface area (Å²) in [4.78, 5) is 2.81. The maximum Gasteiger partial charge on any atom is 0.0251 e. The summed E-state index contributed by atoms with van der Waals surface area (Å²) in [5, 5.41) is 3.37. The minimum atomic E-state index is -2.13. The van der Waals surface area contributed by atoms with Gasteiger partial charge in [-0.1, -0.05) is 39.8 Å². The Morgan fingerprint density at radius 3 is 2.26 bits per heavy atom. The first-order valence-corrected chi connectivity index (χ1v) is 9.86. The average Bonchev–Trinajstić information content (AvgIpc) is 2.58. The monoisotopic (exact) mass is 339 g/mol. The number of likely N-dealkylation sites (tertiary alicyclic amines) is 1. The summed E-state index contributed by atoms with van der Waals surface area (Å²) in [6, 6.07) is 7.24. The first-order chi connectivity index (χ1) is 11.2. The van der Waals surface area contributed by atoms with Crippen LogP contribution in [-0.2, 0) is 17.6 Å². The lowest BCUT2D eigenvalue weighted by atomic mass is 9.73. The molecule has 2 aliphatic heterocycles. The van der Waals surface area contributed by atoms with Crippen molar-refractivity contribution in [1.82, 2.24) is 10.2 Å². The Bertz CT molecular complexity index is 480. The summed E-state index contributed by atoms with van der Waals surface area (Å²) < 4.78 is 21.9. The molecule has 0 saturated carbocycles. The van der Waals surface area contributed by atoms with Crippen LogP contribution >= 0.6 is 0 Å². The second kappa shape index (κ2) is 10.2. The SMILES string of the molecule is CC.CC.O=S([O-])c1cccc(CN2CCC3(CC2)CNC3)c1.